The van der Waals surface area contributed by atoms with Crippen LogP contribution < -0.4 is 10.5 Å². The minimum atomic E-state index is -0.141. The average molecular weight is 317 g/mol. The lowest BCUT2D eigenvalue weighted by Gasteiger charge is -2.14. The number of halogens is 3. The van der Waals surface area contributed by atoms with Gasteiger partial charge in [-0.2, -0.15) is 0 Å². The van der Waals surface area contributed by atoms with Crippen LogP contribution in [-0.2, 0) is 0 Å². The van der Waals surface area contributed by atoms with E-state index < -0.39 is 0 Å². The second-order valence-corrected chi connectivity index (χ2v) is 5.35. The van der Waals surface area contributed by atoms with Crippen molar-refractivity contribution in [2.45, 2.75) is 13.0 Å². The molecule has 0 spiro atoms. The molecule has 2 rings (SSSR count). The van der Waals surface area contributed by atoms with E-state index in [1.165, 1.54) is 0 Å². The highest BCUT2D eigenvalue weighted by Crippen LogP contribution is 2.37. The van der Waals surface area contributed by atoms with E-state index in [0.717, 1.165) is 5.56 Å². The summed E-state index contributed by atoms with van der Waals surface area (Å²) in [5, 5.41) is 1.17. The van der Waals surface area contributed by atoms with Gasteiger partial charge in [0.1, 0.15) is 11.5 Å². The summed E-state index contributed by atoms with van der Waals surface area (Å²) >= 11 is 17.9. The molecule has 100 valence electrons. The molecule has 1 atom stereocenters. The standard InChI is InChI=1S/C14H12Cl3NO/c1-8(18)9-4-2-3-5-13(9)19-14-7-11(16)10(15)6-12(14)17/h2-8H,18H2,1H3/t8-/m0/s1. The van der Waals surface area contributed by atoms with E-state index in [-0.39, 0.29) is 6.04 Å². The Labute approximate surface area is 127 Å². The third-order valence-corrected chi connectivity index (χ3v) is 3.62. The number of hydrogen-bond acceptors (Lipinski definition) is 2. The van der Waals surface area contributed by atoms with Gasteiger partial charge in [0.25, 0.3) is 0 Å². The molecule has 0 aliphatic heterocycles. The van der Waals surface area contributed by atoms with Gasteiger partial charge in [0.05, 0.1) is 15.1 Å². The van der Waals surface area contributed by atoms with E-state index in [0.29, 0.717) is 26.6 Å². The van der Waals surface area contributed by atoms with Gasteiger partial charge in [-0.15, -0.1) is 0 Å². The molecule has 0 bridgehead atoms. The lowest BCUT2D eigenvalue weighted by Crippen LogP contribution is -2.06. The molecule has 0 aliphatic rings. The van der Waals surface area contributed by atoms with Gasteiger partial charge in [-0.1, -0.05) is 53.0 Å². The largest absolute Gasteiger partial charge is 0.455 e. The lowest BCUT2D eigenvalue weighted by molar-refractivity contribution is 0.472. The van der Waals surface area contributed by atoms with Crippen molar-refractivity contribution < 1.29 is 4.74 Å². The summed E-state index contributed by atoms with van der Waals surface area (Å²) in [5.41, 5.74) is 6.79. The van der Waals surface area contributed by atoms with Crippen LogP contribution in [0.15, 0.2) is 36.4 Å². The highest BCUT2D eigenvalue weighted by atomic mass is 35.5. The second-order valence-electron chi connectivity index (χ2n) is 4.13. The van der Waals surface area contributed by atoms with Gasteiger partial charge >= 0.3 is 0 Å². The van der Waals surface area contributed by atoms with Crippen LogP contribution in [0.4, 0.5) is 0 Å². The Balaban J connectivity index is 2.39. The quantitative estimate of drug-likeness (QED) is 0.763. The zero-order valence-corrected chi connectivity index (χ0v) is 12.4. The molecule has 2 aromatic carbocycles. The molecule has 0 amide bonds. The van der Waals surface area contributed by atoms with Crippen LogP contribution >= 0.6 is 34.8 Å². The fraction of sp³-hybridized carbons (Fsp3) is 0.143. The monoisotopic (exact) mass is 315 g/mol. The molecule has 2 aromatic rings. The van der Waals surface area contributed by atoms with Crippen molar-refractivity contribution in [3.8, 4) is 11.5 Å². The zero-order valence-electron chi connectivity index (χ0n) is 10.2. The molecule has 0 aliphatic carbocycles. The number of nitrogens with two attached hydrogens (primary N) is 1. The fourth-order valence-corrected chi connectivity index (χ4v) is 2.23. The molecule has 0 fully saturated rings. The molecule has 5 heteroatoms. The van der Waals surface area contributed by atoms with Crippen LogP contribution in [0.5, 0.6) is 11.5 Å². The second kappa shape index (κ2) is 6.02. The van der Waals surface area contributed by atoms with Gasteiger partial charge in [0, 0.05) is 17.7 Å². The van der Waals surface area contributed by atoms with Crippen molar-refractivity contribution in [1.29, 1.82) is 0 Å². The fourth-order valence-electron chi connectivity index (χ4n) is 1.65. The summed E-state index contributed by atoms with van der Waals surface area (Å²) in [4.78, 5) is 0. The van der Waals surface area contributed by atoms with Crippen LogP contribution in [0.2, 0.25) is 15.1 Å². The van der Waals surface area contributed by atoms with Crippen molar-refractivity contribution in [1.82, 2.24) is 0 Å². The van der Waals surface area contributed by atoms with Crippen LogP contribution in [0, 0.1) is 0 Å². The van der Waals surface area contributed by atoms with Crippen LogP contribution in [0.1, 0.15) is 18.5 Å². The average Bonchev–Trinajstić information content (AvgIpc) is 2.36. The molecule has 0 unspecified atom stereocenters. The van der Waals surface area contributed by atoms with Gasteiger partial charge in [-0.05, 0) is 19.1 Å². The maximum Gasteiger partial charge on any atom is 0.147 e. The first-order valence-electron chi connectivity index (χ1n) is 5.66. The van der Waals surface area contributed by atoms with E-state index in [2.05, 4.69) is 0 Å². The highest BCUT2D eigenvalue weighted by molar-refractivity contribution is 6.43. The van der Waals surface area contributed by atoms with Gasteiger partial charge in [0.2, 0.25) is 0 Å². The van der Waals surface area contributed by atoms with Gasteiger partial charge < -0.3 is 10.5 Å². The minimum Gasteiger partial charge on any atom is -0.455 e. The van der Waals surface area contributed by atoms with E-state index in [1.807, 2.05) is 31.2 Å². The highest BCUT2D eigenvalue weighted by Gasteiger charge is 2.12. The predicted molar refractivity (Wildman–Crippen MR) is 80.6 cm³/mol. The number of para-hydroxylation sites is 1. The van der Waals surface area contributed by atoms with E-state index >= 15 is 0 Å². The summed E-state index contributed by atoms with van der Waals surface area (Å²) in [7, 11) is 0. The maximum atomic E-state index is 6.08. The van der Waals surface area contributed by atoms with Crippen LogP contribution in [0.25, 0.3) is 0 Å². The van der Waals surface area contributed by atoms with Crippen molar-refractivity contribution in [2.24, 2.45) is 5.73 Å². The third kappa shape index (κ3) is 3.34. The number of rotatable bonds is 3. The Morgan fingerprint density at radius 2 is 1.58 bits per heavy atom. The predicted octanol–water partition coefficient (Wildman–Crippen LogP) is 5.46. The molecular weight excluding hydrogens is 305 g/mol. The Morgan fingerprint density at radius 1 is 0.947 bits per heavy atom. The Hall–Kier alpha value is -0.930. The first-order chi connectivity index (χ1) is 8.99. The summed E-state index contributed by atoms with van der Waals surface area (Å²) in [6, 6.07) is 10.5. The Kier molecular flexibility index (Phi) is 4.58. The lowest BCUT2D eigenvalue weighted by atomic mass is 10.1. The molecule has 0 saturated carbocycles. The van der Waals surface area contributed by atoms with Gasteiger partial charge in [-0.25, -0.2) is 0 Å². The van der Waals surface area contributed by atoms with Gasteiger partial charge in [0.15, 0.2) is 0 Å². The van der Waals surface area contributed by atoms with Crippen LogP contribution in [0.3, 0.4) is 0 Å². The smallest absolute Gasteiger partial charge is 0.147 e. The van der Waals surface area contributed by atoms with Crippen molar-refractivity contribution in [3.63, 3.8) is 0 Å². The van der Waals surface area contributed by atoms with Gasteiger partial charge in [-0.3, -0.25) is 0 Å². The third-order valence-electron chi connectivity index (χ3n) is 2.60. The van der Waals surface area contributed by atoms with E-state index in [1.54, 1.807) is 12.1 Å². The Bertz CT molecular complexity index is 599. The Morgan fingerprint density at radius 3 is 2.26 bits per heavy atom. The first kappa shape index (κ1) is 14.5. The number of benzene rings is 2. The normalized spacial score (nSPS) is 12.3. The number of hydrogen-bond donors (Lipinski definition) is 1. The zero-order chi connectivity index (χ0) is 14.0. The molecule has 0 saturated heterocycles. The van der Waals surface area contributed by atoms with Crippen molar-refractivity contribution in [2.75, 3.05) is 0 Å². The molecule has 0 heterocycles. The summed E-state index contributed by atoms with van der Waals surface area (Å²) < 4.78 is 5.78. The number of ether oxygens (including phenoxy) is 1. The summed E-state index contributed by atoms with van der Waals surface area (Å²) in [6.07, 6.45) is 0. The molecule has 19 heavy (non-hydrogen) atoms. The molecular formula is C14H12Cl3NO. The topological polar surface area (TPSA) is 35.2 Å². The van der Waals surface area contributed by atoms with Crippen molar-refractivity contribution >= 4 is 34.8 Å². The van der Waals surface area contributed by atoms with Crippen molar-refractivity contribution in [3.05, 3.63) is 57.0 Å². The summed E-state index contributed by atoms with van der Waals surface area (Å²) in [5.74, 6) is 1.10. The minimum absolute atomic E-state index is 0.141. The van der Waals surface area contributed by atoms with E-state index in [9.17, 15) is 0 Å². The first-order valence-corrected chi connectivity index (χ1v) is 6.79. The van der Waals surface area contributed by atoms with Crippen LogP contribution in [-0.4, -0.2) is 0 Å². The molecule has 0 aromatic heterocycles. The maximum absolute atomic E-state index is 6.08. The molecule has 2 nitrogen and oxygen atoms in total. The SMILES string of the molecule is C[C@H](N)c1ccccc1Oc1cc(Cl)c(Cl)cc1Cl. The van der Waals surface area contributed by atoms with E-state index in [4.69, 9.17) is 45.3 Å². The molecule has 2 N–H and O–H groups in total. The molecule has 0 radical (unpaired) electrons. The summed E-state index contributed by atoms with van der Waals surface area (Å²) in [6.45, 7) is 1.89.